The maximum Gasteiger partial charge on any atom is 0.0800 e. The third kappa shape index (κ3) is 2.49. The van der Waals surface area contributed by atoms with Gasteiger partial charge in [0.1, 0.15) is 0 Å². The van der Waals surface area contributed by atoms with Crippen molar-refractivity contribution < 1.29 is 5.11 Å². The minimum Gasteiger partial charge on any atom is -0.389 e. The molecule has 1 aliphatic heterocycles. The zero-order chi connectivity index (χ0) is 10.0. The van der Waals surface area contributed by atoms with Gasteiger partial charge in [0.2, 0.25) is 0 Å². The number of hydrogen-bond acceptors (Lipinski definition) is 3. The third-order valence-corrected chi connectivity index (χ3v) is 4.08. The summed E-state index contributed by atoms with van der Waals surface area (Å²) in [6, 6.07) is 3.93. The Morgan fingerprint density at radius 3 is 3.00 bits per heavy atom. The summed E-state index contributed by atoms with van der Waals surface area (Å²) in [6.07, 6.45) is 3.34. The van der Waals surface area contributed by atoms with Gasteiger partial charge in [0.25, 0.3) is 0 Å². The number of aromatic nitrogens is 1. The topological polar surface area (TPSA) is 33.1 Å². The van der Waals surface area contributed by atoms with Crippen molar-refractivity contribution in [3.63, 3.8) is 0 Å². The summed E-state index contributed by atoms with van der Waals surface area (Å²) in [6.45, 7) is 0. The highest BCUT2D eigenvalue weighted by atomic mass is 79.9. The molecule has 0 amide bonds. The molecule has 1 aliphatic rings. The fourth-order valence-corrected chi connectivity index (χ4v) is 3.11. The molecule has 0 radical (unpaired) electrons. The van der Waals surface area contributed by atoms with Gasteiger partial charge in [0, 0.05) is 28.5 Å². The average molecular weight is 274 g/mol. The molecule has 1 fully saturated rings. The molecule has 0 saturated carbocycles. The molecule has 2 rings (SSSR count). The van der Waals surface area contributed by atoms with Gasteiger partial charge >= 0.3 is 0 Å². The highest BCUT2D eigenvalue weighted by Gasteiger charge is 2.32. The van der Waals surface area contributed by atoms with E-state index in [2.05, 4.69) is 20.9 Å². The normalized spacial score (nSPS) is 26.7. The van der Waals surface area contributed by atoms with Crippen LogP contribution in [0.5, 0.6) is 0 Å². The molecular formula is C10H12BrNOS. The molecule has 1 N–H and O–H groups in total. The van der Waals surface area contributed by atoms with Crippen molar-refractivity contribution in [3.05, 3.63) is 28.5 Å². The Morgan fingerprint density at radius 1 is 1.57 bits per heavy atom. The van der Waals surface area contributed by atoms with Crippen LogP contribution in [-0.2, 0) is 6.42 Å². The van der Waals surface area contributed by atoms with Crippen molar-refractivity contribution in [2.45, 2.75) is 18.4 Å². The van der Waals surface area contributed by atoms with Gasteiger partial charge in [-0.3, -0.25) is 4.98 Å². The van der Waals surface area contributed by atoms with Crippen LogP contribution in [-0.4, -0.2) is 27.2 Å². The molecule has 0 aromatic carbocycles. The Balaban J connectivity index is 2.06. The van der Waals surface area contributed by atoms with Crippen LogP contribution in [0.4, 0.5) is 0 Å². The van der Waals surface area contributed by atoms with E-state index < -0.39 is 5.60 Å². The second-order valence-electron chi connectivity index (χ2n) is 3.67. The number of nitrogens with zero attached hydrogens (tertiary/aromatic N) is 1. The molecule has 1 unspecified atom stereocenters. The van der Waals surface area contributed by atoms with E-state index in [0.29, 0.717) is 6.42 Å². The van der Waals surface area contributed by atoms with E-state index >= 15 is 0 Å². The second kappa shape index (κ2) is 4.21. The average Bonchev–Trinajstić information content (AvgIpc) is 2.57. The number of hydrogen-bond donors (Lipinski definition) is 1. The molecule has 1 aromatic heterocycles. The van der Waals surface area contributed by atoms with E-state index in [4.69, 9.17) is 0 Å². The van der Waals surface area contributed by atoms with Crippen molar-refractivity contribution in [2.75, 3.05) is 11.5 Å². The molecule has 76 valence electrons. The summed E-state index contributed by atoms with van der Waals surface area (Å²) in [5, 5.41) is 10.1. The highest BCUT2D eigenvalue weighted by Crippen LogP contribution is 2.30. The number of aliphatic hydroxyl groups is 1. The van der Waals surface area contributed by atoms with E-state index in [-0.39, 0.29) is 0 Å². The standard InChI is InChI=1S/C10H12BrNOS/c11-8-1-2-9(12-6-8)5-10(13)3-4-14-7-10/h1-2,6,13H,3-5,7H2. The lowest BCUT2D eigenvalue weighted by Crippen LogP contribution is -2.31. The molecule has 0 bridgehead atoms. The Bertz CT molecular complexity index is 308. The number of halogens is 1. The molecule has 0 spiro atoms. The Hall–Kier alpha value is -0.0600. The number of rotatable bonds is 2. The molecule has 2 heterocycles. The first-order valence-electron chi connectivity index (χ1n) is 4.59. The van der Waals surface area contributed by atoms with Crippen LogP contribution in [0.2, 0.25) is 0 Å². The predicted molar refractivity (Wildman–Crippen MR) is 62.5 cm³/mol. The molecule has 1 aromatic rings. The molecule has 4 heteroatoms. The lowest BCUT2D eigenvalue weighted by molar-refractivity contribution is 0.0676. The van der Waals surface area contributed by atoms with Gasteiger partial charge in [-0.25, -0.2) is 0 Å². The van der Waals surface area contributed by atoms with Crippen LogP contribution in [0.15, 0.2) is 22.8 Å². The zero-order valence-electron chi connectivity index (χ0n) is 7.74. The first-order valence-corrected chi connectivity index (χ1v) is 6.53. The Kier molecular flexibility index (Phi) is 3.14. The Morgan fingerprint density at radius 2 is 2.43 bits per heavy atom. The molecule has 2 nitrogen and oxygen atoms in total. The SMILES string of the molecule is OC1(Cc2ccc(Br)cn2)CCSC1. The van der Waals surface area contributed by atoms with Crippen LogP contribution in [0.25, 0.3) is 0 Å². The predicted octanol–water partition coefficient (Wildman–Crippen LogP) is 2.25. The van der Waals surface area contributed by atoms with Gasteiger partial charge in [-0.2, -0.15) is 11.8 Å². The highest BCUT2D eigenvalue weighted by molar-refractivity contribution is 9.10. The van der Waals surface area contributed by atoms with Gasteiger partial charge < -0.3 is 5.11 Å². The first kappa shape index (κ1) is 10.5. The van der Waals surface area contributed by atoms with Crippen molar-refractivity contribution >= 4 is 27.7 Å². The van der Waals surface area contributed by atoms with Crippen LogP contribution in [0.1, 0.15) is 12.1 Å². The van der Waals surface area contributed by atoms with Gasteiger partial charge in [-0.1, -0.05) is 0 Å². The summed E-state index contributed by atoms with van der Waals surface area (Å²) < 4.78 is 0.981. The minimum absolute atomic E-state index is 0.522. The van der Waals surface area contributed by atoms with Crippen molar-refractivity contribution in [1.82, 2.24) is 4.98 Å². The van der Waals surface area contributed by atoms with Crippen LogP contribution >= 0.6 is 27.7 Å². The van der Waals surface area contributed by atoms with Crippen molar-refractivity contribution in [1.29, 1.82) is 0 Å². The van der Waals surface area contributed by atoms with Crippen molar-refractivity contribution in [2.24, 2.45) is 0 Å². The maximum absolute atomic E-state index is 10.1. The number of pyridine rings is 1. The smallest absolute Gasteiger partial charge is 0.0800 e. The van der Waals surface area contributed by atoms with Gasteiger partial charge in [-0.05, 0) is 40.2 Å². The van der Waals surface area contributed by atoms with E-state index in [9.17, 15) is 5.11 Å². The van der Waals surface area contributed by atoms with Crippen LogP contribution in [0.3, 0.4) is 0 Å². The molecule has 14 heavy (non-hydrogen) atoms. The minimum atomic E-state index is -0.522. The summed E-state index contributed by atoms with van der Waals surface area (Å²) >= 11 is 5.16. The molecule has 1 saturated heterocycles. The van der Waals surface area contributed by atoms with Gasteiger partial charge in [0.15, 0.2) is 0 Å². The maximum atomic E-state index is 10.1. The molecule has 0 aliphatic carbocycles. The summed E-state index contributed by atoms with van der Waals surface area (Å²) in [5.41, 5.74) is 0.448. The summed E-state index contributed by atoms with van der Waals surface area (Å²) in [5.74, 6) is 1.90. The van der Waals surface area contributed by atoms with Gasteiger partial charge in [0.05, 0.1) is 5.60 Å². The lowest BCUT2D eigenvalue weighted by Gasteiger charge is -2.20. The van der Waals surface area contributed by atoms with Crippen molar-refractivity contribution in [3.8, 4) is 0 Å². The monoisotopic (exact) mass is 273 g/mol. The fourth-order valence-electron chi connectivity index (χ4n) is 1.58. The van der Waals surface area contributed by atoms with E-state index in [1.807, 2.05) is 23.9 Å². The van der Waals surface area contributed by atoms with Crippen LogP contribution in [0, 0.1) is 0 Å². The van der Waals surface area contributed by atoms with Gasteiger partial charge in [-0.15, -0.1) is 0 Å². The summed E-state index contributed by atoms with van der Waals surface area (Å²) in [7, 11) is 0. The molecule has 1 atom stereocenters. The fraction of sp³-hybridized carbons (Fsp3) is 0.500. The first-order chi connectivity index (χ1) is 6.68. The molecular weight excluding hydrogens is 262 g/mol. The van der Waals surface area contributed by atoms with E-state index in [0.717, 1.165) is 28.1 Å². The Labute approximate surface area is 96.3 Å². The quantitative estimate of drug-likeness (QED) is 0.898. The lowest BCUT2D eigenvalue weighted by atomic mass is 9.97. The second-order valence-corrected chi connectivity index (χ2v) is 5.69. The number of thioether (sulfide) groups is 1. The van der Waals surface area contributed by atoms with E-state index in [1.54, 1.807) is 6.20 Å². The zero-order valence-corrected chi connectivity index (χ0v) is 10.1. The third-order valence-electron chi connectivity index (χ3n) is 2.38. The van der Waals surface area contributed by atoms with E-state index in [1.165, 1.54) is 0 Å². The summed E-state index contributed by atoms with van der Waals surface area (Å²) in [4.78, 5) is 4.27. The largest absolute Gasteiger partial charge is 0.389 e. The van der Waals surface area contributed by atoms with Crippen LogP contribution < -0.4 is 0 Å².